The summed E-state index contributed by atoms with van der Waals surface area (Å²) < 4.78 is 1.24. The SMILES string of the molecule is Nc1cncc(-n2cc([N+](=O)[O-])cn2)n1. The number of aromatic nitrogens is 4. The van der Waals surface area contributed by atoms with Gasteiger partial charge in [0.1, 0.15) is 18.2 Å². The number of hydrogen-bond donors (Lipinski definition) is 1. The monoisotopic (exact) mass is 206 g/mol. The summed E-state index contributed by atoms with van der Waals surface area (Å²) >= 11 is 0. The minimum absolute atomic E-state index is 0.112. The molecule has 0 bridgehead atoms. The van der Waals surface area contributed by atoms with Gasteiger partial charge in [0.25, 0.3) is 0 Å². The molecule has 0 aliphatic carbocycles. The van der Waals surface area contributed by atoms with E-state index in [9.17, 15) is 10.1 Å². The first-order valence-corrected chi connectivity index (χ1v) is 3.94. The molecule has 0 spiro atoms. The second-order valence-electron chi connectivity index (χ2n) is 2.70. The number of nitrogens with two attached hydrogens (primary N) is 1. The Kier molecular flexibility index (Phi) is 2.01. The van der Waals surface area contributed by atoms with Crippen molar-refractivity contribution in [2.75, 3.05) is 5.73 Å². The van der Waals surface area contributed by atoms with E-state index in [1.54, 1.807) is 0 Å². The van der Waals surface area contributed by atoms with Crippen LogP contribution in [0, 0.1) is 10.1 Å². The van der Waals surface area contributed by atoms with Gasteiger partial charge >= 0.3 is 5.69 Å². The van der Waals surface area contributed by atoms with E-state index in [2.05, 4.69) is 15.1 Å². The zero-order valence-corrected chi connectivity index (χ0v) is 7.44. The molecule has 0 saturated heterocycles. The minimum atomic E-state index is -0.538. The number of hydrogen-bond acceptors (Lipinski definition) is 6. The summed E-state index contributed by atoms with van der Waals surface area (Å²) in [6.07, 6.45) is 5.16. The van der Waals surface area contributed by atoms with Gasteiger partial charge in [-0.2, -0.15) is 5.10 Å². The Labute approximate surface area is 83.5 Å². The molecule has 8 nitrogen and oxygen atoms in total. The normalized spacial score (nSPS) is 10.1. The summed E-state index contributed by atoms with van der Waals surface area (Å²) in [6.45, 7) is 0. The van der Waals surface area contributed by atoms with Crippen LogP contribution < -0.4 is 5.73 Å². The van der Waals surface area contributed by atoms with Crippen molar-refractivity contribution >= 4 is 11.5 Å². The Balaban J connectivity index is 2.41. The summed E-state index contributed by atoms with van der Waals surface area (Å²) in [7, 11) is 0. The summed E-state index contributed by atoms with van der Waals surface area (Å²) in [4.78, 5) is 17.6. The maximum Gasteiger partial charge on any atom is 0.307 e. The van der Waals surface area contributed by atoms with Crippen molar-refractivity contribution in [3.05, 3.63) is 34.9 Å². The molecule has 8 heteroatoms. The number of anilines is 1. The molecule has 15 heavy (non-hydrogen) atoms. The molecule has 0 amide bonds. The minimum Gasteiger partial charge on any atom is -0.382 e. The van der Waals surface area contributed by atoms with Crippen LogP contribution >= 0.6 is 0 Å². The van der Waals surface area contributed by atoms with E-state index < -0.39 is 4.92 Å². The highest BCUT2D eigenvalue weighted by Gasteiger charge is 2.10. The van der Waals surface area contributed by atoms with Crippen LogP contribution in [0.4, 0.5) is 11.5 Å². The molecule has 0 aromatic carbocycles. The van der Waals surface area contributed by atoms with Gasteiger partial charge in [0.2, 0.25) is 0 Å². The van der Waals surface area contributed by atoms with E-state index in [-0.39, 0.29) is 11.5 Å². The van der Waals surface area contributed by atoms with E-state index in [0.717, 1.165) is 6.20 Å². The van der Waals surface area contributed by atoms with E-state index in [4.69, 9.17) is 5.73 Å². The van der Waals surface area contributed by atoms with Gasteiger partial charge in [-0.3, -0.25) is 15.1 Å². The average molecular weight is 206 g/mol. The van der Waals surface area contributed by atoms with Crippen LogP contribution in [-0.2, 0) is 0 Å². The fourth-order valence-corrected chi connectivity index (χ4v) is 1.01. The van der Waals surface area contributed by atoms with Crippen molar-refractivity contribution in [2.45, 2.75) is 0 Å². The van der Waals surface area contributed by atoms with Crippen molar-refractivity contribution in [1.29, 1.82) is 0 Å². The molecule has 2 rings (SSSR count). The molecule has 2 aromatic heterocycles. The highest BCUT2D eigenvalue weighted by Crippen LogP contribution is 2.11. The van der Waals surface area contributed by atoms with Crippen LogP contribution in [0.15, 0.2) is 24.8 Å². The molecule has 0 aliphatic rings. The Bertz CT molecular complexity index is 508. The number of nitrogens with zero attached hydrogens (tertiary/aromatic N) is 5. The molecule has 0 atom stereocenters. The number of rotatable bonds is 2. The Morgan fingerprint density at radius 3 is 2.80 bits per heavy atom. The third-order valence-corrected chi connectivity index (χ3v) is 1.65. The topological polar surface area (TPSA) is 113 Å². The molecule has 2 heterocycles. The summed E-state index contributed by atoms with van der Waals surface area (Å²) in [5, 5.41) is 14.2. The first-order valence-electron chi connectivity index (χ1n) is 3.94. The Hall–Kier alpha value is -2.51. The first kappa shape index (κ1) is 9.06. The fourth-order valence-electron chi connectivity index (χ4n) is 1.01. The molecule has 0 aliphatic heterocycles. The van der Waals surface area contributed by atoms with Gasteiger partial charge in [0.15, 0.2) is 5.82 Å². The zero-order chi connectivity index (χ0) is 10.8. The summed E-state index contributed by atoms with van der Waals surface area (Å²) in [5.41, 5.74) is 5.30. The highest BCUT2D eigenvalue weighted by atomic mass is 16.6. The molecule has 0 radical (unpaired) electrons. The smallest absolute Gasteiger partial charge is 0.307 e. The fraction of sp³-hybridized carbons (Fsp3) is 0. The second-order valence-corrected chi connectivity index (χ2v) is 2.70. The van der Waals surface area contributed by atoms with E-state index in [0.29, 0.717) is 5.82 Å². The van der Waals surface area contributed by atoms with Crippen molar-refractivity contribution in [3.63, 3.8) is 0 Å². The Morgan fingerprint density at radius 1 is 1.40 bits per heavy atom. The van der Waals surface area contributed by atoms with Crippen molar-refractivity contribution in [3.8, 4) is 5.82 Å². The van der Waals surface area contributed by atoms with Crippen LogP contribution in [0.5, 0.6) is 0 Å². The number of nitro groups is 1. The van der Waals surface area contributed by atoms with Crippen LogP contribution in [0.3, 0.4) is 0 Å². The Morgan fingerprint density at radius 2 is 2.20 bits per heavy atom. The van der Waals surface area contributed by atoms with Crippen LogP contribution in [0.1, 0.15) is 0 Å². The molecule has 0 saturated carbocycles. The van der Waals surface area contributed by atoms with E-state index in [1.165, 1.54) is 23.3 Å². The van der Waals surface area contributed by atoms with E-state index in [1.807, 2.05) is 0 Å². The van der Waals surface area contributed by atoms with Gasteiger partial charge < -0.3 is 5.73 Å². The average Bonchev–Trinajstić information content (AvgIpc) is 2.66. The van der Waals surface area contributed by atoms with E-state index >= 15 is 0 Å². The zero-order valence-electron chi connectivity index (χ0n) is 7.44. The van der Waals surface area contributed by atoms with Gasteiger partial charge in [-0.1, -0.05) is 0 Å². The predicted octanol–water partition coefficient (Wildman–Crippen LogP) is 0.153. The quantitative estimate of drug-likeness (QED) is 0.552. The molecule has 76 valence electrons. The van der Waals surface area contributed by atoms with Crippen molar-refractivity contribution in [1.82, 2.24) is 19.7 Å². The molecule has 2 aromatic rings. The second kappa shape index (κ2) is 3.33. The lowest BCUT2D eigenvalue weighted by atomic mass is 10.6. The van der Waals surface area contributed by atoms with Gasteiger partial charge in [-0.05, 0) is 0 Å². The summed E-state index contributed by atoms with van der Waals surface area (Å²) in [6, 6.07) is 0. The summed E-state index contributed by atoms with van der Waals surface area (Å²) in [5.74, 6) is 0.564. The molecule has 0 fully saturated rings. The maximum absolute atomic E-state index is 10.4. The molecule has 2 N–H and O–H groups in total. The predicted molar refractivity (Wildman–Crippen MR) is 50.2 cm³/mol. The lowest BCUT2D eigenvalue weighted by Gasteiger charge is -1.98. The van der Waals surface area contributed by atoms with Gasteiger partial charge in [-0.25, -0.2) is 9.67 Å². The van der Waals surface area contributed by atoms with Crippen LogP contribution in [-0.4, -0.2) is 24.7 Å². The van der Waals surface area contributed by atoms with Gasteiger partial charge in [0, 0.05) is 0 Å². The first-order chi connectivity index (χ1) is 7.16. The lowest BCUT2D eigenvalue weighted by molar-refractivity contribution is -0.384. The molecular weight excluding hydrogens is 200 g/mol. The number of nitrogen functional groups attached to an aromatic ring is 1. The third-order valence-electron chi connectivity index (χ3n) is 1.65. The maximum atomic E-state index is 10.4. The molecular formula is C7H6N6O2. The lowest BCUT2D eigenvalue weighted by Crippen LogP contribution is -2.01. The molecule has 0 unspecified atom stereocenters. The standard InChI is InChI=1S/C7H6N6O2/c8-6-2-9-3-7(11-6)12-4-5(1-10-12)13(14)15/h1-4H,(H2,8,11). The van der Waals surface area contributed by atoms with Crippen LogP contribution in [0.25, 0.3) is 5.82 Å². The van der Waals surface area contributed by atoms with Crippen molar-refractivity contribution in [2.24, 2.45) is 0 Å². The van der Waals surface area contributed by atoms with Gasteiger partial charge in [-0.15, -0.1) is 0 Å². The highest BCUT2D eigenvalue weighted by molar-refractivity contribution is 5.32. The van der Waals surface area contributed by atoms with Gasteiger partial charge in [0.05, 0.1) is 17.3 Å². The largest absolute Gasteiger partial charge is 0.382 e. The third kappa shape index (κ3) is 1.73. The van der Waals surface area contributed by atoms with Crippen LogP contribution in [0.2, 0.25) is 0 Å². The van der Waals surface area contributed by atoms with Crippen molar-refractivity contribution < 1.29 is 4.92 Å².